The molecule has 2 N–H and O–H groups in total. The fourth-order valence-electron chi connectivity index (χ4n) is 3.59. The molecule has 1 aromatic heterocycles. The fraction of sp³-hybridized carbons (Fsp3) is 0.273. The van der Waals surface area contributed by atoms with E-state index in [4.69, 9.17) is 10.5 Å². The minimum Gasteiger partial charge on any atom is -0.489 e. The van der Waals surface area contributed by atoms with Crippen molar-refractivity contribution in [2.75, 3.05) is 0 Å². The van der Waals surface area contributed by atoms with Crippen LogP contribution < -0.4 is 10.5 Å². The monoisotopic (exact) mass is 375 g/mol. The van der Waals surface area contributed by atoms with Gasteiger partial charge in [0.1, 0.15) is 16.8 Å². The van der Waals surface area contributed by atoms with Gasteiger partial charge in [0.05, 0.1) is 16.5 Å². The SMILES string of the molecule is CC(C)Oc1c(C#N)cccc1-c1cnc(-c2cccc3c2CCC3N)s1. The summed E-state index contributed by atoms with van der Waals surface area (Å²) >= 11 is 1.63. The number of fused-ring (bicyclic) bond motifs is 1. The number of hydrogen-bond acceptors (Lipinski definition) is 5. The zero-order valence-electron chi connectivity index (χ0n) is 15.4. The van der Waals surface area contributed by atoms with Crippen LogP contribution in [0.1, 0.15) is 43.0 Å². The van der Waals surface area contributed by atoms with E-state index in [1.807, 2.05) is 32.2 Å². The lowest BCUT2D eigenvalue weighted by atomic mass is 10.0. The van der Waals surface area contributed by atoms with Gasteiger partial charge in [-0.25, -0.2) is 4.98 Å². The molecule has 1 unspecified atom stereocenters. The van der Waals surface area contributed by atoms with Crippen LogP contribution in [0.3, 0.4) is 0 Å². The second-order valence-electron chi connectivity index (χ2n) is 7.01. The normalized spacial score (nSPS) is 15.6. The predicted molar refractivity (Wildman–Crippen MR) is 109 cm³/mol. The molecule has 0 saturated carbocycles. The van der Waals surface area contributed by atoms with Gasteiger partial charge < -0.3 is 10.5 Å². The van der Waals surface area contributed by atoms with Crippen molar-refractivity contribution < 1.29 is 4.74 Å². The number of nitriles is 1. The van der Waals surface area contributed by atoms with Crippen molar-refractivity contribution in [3.05, 3.63) is 59.3 Å². The summed E-state index contributed by atoms with van der Waals surface area (Å²) in [7, 11) is 0. The number of benzene rings is 2. The molecule has 0 fully saturated rings. The summed E-state index contributed by atoms with van der Waals surface area (Å²) < 4.78 is 5.96. The molecule has 4 rings (SSSR count). The summed E-state index contributed by atoms with van der Waals surface area (Å²) in [6.45, 7) is 3.93. The minimum atomic E-state index is -0.00970. The average Bonchev–Trinajstić information content (AvgIpc) is 3.29. The lowest BCUT2D eigenvalue weighted by molar-refractivity contribution is 0.243. The first-order valence-electron chi connectivity index (χ1n) is 9.12. The molecule has 27 heavy (non-hydrogen) atoms. The summed E-state index contributed by atoms with van der Waals surface area (Å²) in [5.41, 5.74) is 11.4. The van der Waals surface area contributed by atoms with Crippen molar-refractivity contribution in [2.24, 2.45) is 5.73 Å². The molecule has 1 aliphatic carbocycles. The lowest BCUT2D eigenvalue weighted by Crippen LogP contribution is -2.07. The molecule has 1 heterocycles. The van der Waals surface area contributed by atoms with E-state index in [9.17, 15) is 5.26 Å². The average molecular weight is 375 g/mol. The summed E-state index contributed by atoms with van der Waals surface area (Å²) in [4.78, 5) is 5.68. The molecule has 1 aliphatic rings. The first-order valence-corrected chi connectivity index (χ1v) is 9.94. The summed E-state index contributed by atoms with van der Waals surface area (Å²) in [6.07, 6.45) is 3.84. The van der Waals surface area contributed by atoms with Crippen LogP contribution in [-0.4, -0.2) is 11.1 Å². The van der Waals surface area contributed by atoms with Crippen LogP contribution in [0.15, 0.2) is 42.6 Å². The minimum absolute atomic E-state index is 0.00970. The molecule has 0 aliphatic heterocycles. The van der Waals surface area contributed by atoms with E-state index in [1.165, 1.54) is 16.7 Å². The number of para-hydroxylation sites is 1. The Morgan fingerprint density at radius 3 is 2.78 bits per heavy atom. The topological polar surface area (TPSA) is 71.9 Å². The molecule has 1 atom stereocenters. The van der Waals surface area contributed by atoms with E-state index in [0.717, 1.165) is 28.3 Å². The summed E-state index contributed by atoms with van der Waals surface area (Å²) in [6, 6.07) is 14.3. The van der Waals surface area contributed by atoms with Gasteiger partial charge in [0, 0.05) is 23.4 Å². The highest BCUT2D eigenvalue weighted by molar-refractivity contribution is 7.18. The van der Waals surface area contributed by atoms with Gasteiger partial charge in [-0.3, -0.25) is 0 Å². The molecule has 0 amide bonds. The van der Waals surface area contributed by atoms with Crippen LogP contribution in [-0.2, 0) is 6.42 Å². The van der Waals surface area contributed by atoms with Gasteiger partial charge in [0.25, 0.3) is 0 Å². The van der Waals surface area contributed by atoms with Gasteiger partial charge in [-0.15, -0.1) is 11.3 Å². The molecule has 0 saturated heterocycles. The maximum Gasteiger partial charge on any atom is 0.146 e. The van der Waals surface area contributed by atoms with Crippen LogP contribution in [0.2, 0.25) is 0 Å². The van der Waals surface area contributed by atoms with Crippen LogP contribution in [0, 0.1) is 11.3 Å². The number of nitrogens with two attached hydrogens (primary N) is 1. The Morgan fingerprint density at radius 1 is 1.22 bits per heavy atom. The maximum atomic E-state index is 9.46. The Bertz CT molecular complexity index is 1030. The molecule has 136 valence electrons. The van der Waals surface area contributed by atoms with E-state index in [0.29, 0.717) is 11.3 Å². The van der Waals surface area contributed by atoms with E-state index in [1.54, 1.807) is 17.4 Å². The van der Waals surface area contributed by atoms with Crippen molar-refractivity contribution >= 4 is 11.3 Å². The van der Waals surface area contributed by atoms with Gasteiger partial charge in [-0.2, -0.15) is 5.26 Å². The highest BCUT2D eigenvalue weighted by Crippen LogP contribution is 2.42. The Kier molecular flexibility index (Phi) is 4.69. The maximum absolute atomic E-state index is 9.46. The van der Waals surface area contributed by atoms with Crippen LogP contribution in [0.5, 0.6) is 5.75 Å². The first-order chi connectivity index (χ1) is 13.1. The van der Waals surface area contributed by atoms with Crippen LogP contribution in [0.4, 0.5) is 0 Å². The van der Waals surface area contributed by atoms with E-state index in [-0.39, 0.29) is 12.1 Å². The van der Waals surface area contributed by atoms with Crippen LogP contribution >= 0.6 is 11.3 Å². The number of aromatic nitrogens is 1. The van der Waals surface area contributed by atoms with E-state index < -0.39 is 0 Å². The van der Waals surface area contributed by atoms with Crippen LogP contribution in [0.25, 0.3) is 21.0 Å². The summed E-state index contributed by atoms with van der Waals surface area (Å²) in [5.74, 6) is 0.630. The molecular formula is C22H21N3OS. The van der Waals surface area contributed by atoms with Crippen molar-refractivity contribution in [3.63, 3.8) is 0 Å². The van der Waals surface area contributed by atoms with E-state index >= 15 is 0 Å². The molecule has 0 radical (unpaired) electrons. The zero-order chi connectivity index (χ0) is 19.0. The van der Waals surface area contributed by atoms with Gasteiger partial charge in [-0.1, -0.05) is 24.3 Å². The predicted octanol–water partition coefficient (Wildman–Crippen LogP) is 5.08. The molecule has 3 aromatic rings. The molecule has 2 aromatic carbocycles. The van der Waals surface area contributed by atoms with E-state index in [2.05, 4.69) is 29.3 Å². The Hall–Kier alpha value is -2.68. The van der Waals surface area contributed by atoms with Gasteiger partial charge in [0.2, 0.25) is 0 Å². The molecule has 0 spiro atoms. The smallest absolute Gasteiger partial charge is 0.146 e. The standard InChI is InChI=1S/C22H21N3OS/c1-13(2)26-21-14(11-23)5-3-8-18(21)20-12-25-22(27-20)17-7-4-6-16-15(17)9-10-19(16)24/h3-8,12-13,19H,9-10,24H2,1-2H3. The number of ether oxygens (including phenoxy) is 1. The quantitative estimate of drug-likeness (QED) is 0.690. The summed E-state index contributed by atoms with van der Waals surface area (Å²) in [5, 5.41) is 10.4. The van der Waals surface area contributed by atoms with Crippen molar-refractivity contribution in [1.82, 2.24) is 4.98 Å². The molecule has 5 heteroatoms. The Labute approximate surface area is 163 Å². The zero-order valence-corrected chi connectivity index (χ0v) is 16.2. The number of thiazole rings is 1. The van der Waals surface area contributed by atoms with Crippen molar-refractivity contribution in [2.45, 2.75) is 38.8 Å². The largest absolute Gasteiger partial charge is 0.489 e. The molecule has 4 nitrogen and oxygen atoms in total. The number of hydrogen-bond donors (Lipinski definition) is 1. The second kappa shape index (κ2) is 7.15. The molecular weight excluding hydrogens is 354 g/mol. The highest BCUT2D eigenvalue weighted by Gasteiger charge is 2.23. The van der Waals surface area contributed by atoms with Crippen molar-refractivity contribution in [1.29, 1.82) is 5.26 Å². The lowest BCUT2D eigenvalue weighted by Gasteiger charge is -2.14. The van der Waals surface area contributed by atoms with Gasteiger partial charge in [0.15, 0.2) is 0 Å². The second-order valence-corrected chi connectivity index (χ2v) is 8.04. The number of nitrogens with zero attached hydrogens (tertiary/aromatic N) is 2. The Morgan fingerprint density at radius 2 is 2.00 bits per heavy atom. The van der Waals surface area contributed by atoms with Crippen molar-refractivity contribution in [3.8, 4) is 32.8 Å². The van der Waals surface area contributed by atoms with Gasteiger partial charge in [-0.05, 0) is 49.9 Å². The Balaban J connectivity index is 1.78. The molecule has 0 bridgehead atoms. The third-order valence-corrected chi connectivity index (χ3v) is 5.87. The third kappa shape index (κ3) is 3.23. The van der Waals surface area contributed by atoms with Gasteiger partial charge >= 0.3 is 0 Å². The first kappa shape index (κ1) is 17.7. The number of rotatable bonds is 4. The third-order valence-electron chi connectivity index (χ3n) is 4.81. The highest BCUT2D eigenvalue weighted by atomic mass is 32.1. The fourth-order valence-corrected chi connectivity index (χ4v) is 4.58.